The van der Waals surface area contributed by atoms with Crippen molar-refractivity contribution in [3.8, 4) is 0 Å². The molecule has 1 fully saturated rings. The summed E-state index contributed by atoms with van der Waals surface area (Å²) in [4.78, 5) is 37.7. The summed E-state index contributed by atoms with van der Waals surface area (Å²) < 4.78 is 0. The van der Waals surface area contributed by atoms with Crippen LogP contribution in [0.25, 0.3) is 10.2 Å². The van der Waals surface area contributed by atoms with E-state index in [0.717, 1.165) is 42.2 Å². The third-order valence-corrected chi connectivity index (χ3v) is 5.84. The van der Waals surface area contributed by atoms with Gasteiger partial charge in [0.25, 0.3) is 0 Å². The van der Waals surface area contributed by atoms with Crippen molar-refractivity contribution in [2.24, 2.45) is 5.73 Å². The predicted octanol–water partition coefficient (Wildman–Crippen LogP) is 1.94. The molecular formula is C20H22N6O2S. The van der Waals surface area contributed by atoms with Crippen molar-refractivity contribution in [2.45, 2.75) is 6.42 Å². The molecule has 0 radical (unpaired) electrons. The number of piperazine rings is 1. The molecule has 0 unspecified atom stereocenters. The number of hydrogen-bond donors (Lipinski definition) is 2. The number of carbonyl (C=O) groups is 2. The number of anilines is 2. The van der Waals surface area contributed by atoms with Gasteiger partial charge in [-0.2, -0.15) is 0 Å². The van der Waals surface area contributed by atoms with E-state index in [-0.39, 0.29) is 5.91 Å². The van der Waals surface area contributed by atoms with Crippen molar-refractivity contribution in [1.82, 2.24) is 14.9 Å². The molecular weight excluding hydrogens is 388 g/mol. The number of benzene rings is 1. The number of nitrogens with zero attached hydrogens (tertiary/aromatic N) is 4. The van der Waals surface area contributed by atoms with Gasteiger partial charge in [0.2, 0.25) is 11.8 Å². The maximum Gasteiger partial charge on any atom is 0.248 e. The Hall–Kier alpha value is -3.04. The fourth-order valence-electron chi connectivity index (χ4n) is 3.41. The van der Waals surface area contributed by atoms with E-state index in [1.807, 2.05) is 5.38 Å². The molecule has 0 bridgehead atoms. The number of fused-ring (bicyclic) bond motifs is 1. The maximum absolute atomic E-state index is 12.2. The first-order valence-electron chi connectivity index (χ1n) is 9.45. The zero-order valence-corrected chi connectivity index (χ0v) is 16.7. The molecule has 29 heavy (non-hydrogen) atoms. The molecule has 150 valence electrons. The Kier molecular flexibility index (Phi) is 5.68. The van der Waals surface area contributed by atoms with E-state index in [1.165, 1.54) is 0 Å². The number of hydrogen-bond acceptors (Lipinski definition) is 7. The van der Waals surface area contributed by atoms with Crippen LogP contribution in [-0.2, 0) is 4.79 Å². The molecule has 1 aliphatic rings. The average molecular weight is 411 g/mol. The van der Waals surface area contributed by atoms with E-state index in [1.54, 1.807) is 41.9 Å². The monoisotopic (exact) mass is 410 g/mol. The number of aromatic nitrogens is 2. The van der Waals surface area contributed by atoms with Gasteiger partial charge in [0.05, 0.1) is 5.39 Å². The lowest BCUT2D eigenvalue weighted by molar-refractivity contribution is -0.116. The Morgan fingerprint density at radius 2 is 1.83 bits per heavy atom. The fraction of sp³-hybridized carbons (Fsp3) is 0.300. The second-order valence-corrected chi connectivity index (χ2v) is 7.80. The number of thiophene rings is 1. The van der Waals surface area contributed by atoms with Crippen LogP contribution in [0.5, 0.6) is 0 Å². The van der Waals surface area contributed by atoms with Crippen molar-refractivity contribution in [3.05, 3.63) is 47.6 Å². The SMILES string of the molecule is NC(=O)c1ccc(NC(=O)CCN2CCN(c3ncnc4sccc34)CC2)cc1. The minimum Gasteiger partial charge on any atom is -0.366 e. The number of nitrogens with one attached hydrogen (secondary N) is 1. The molecule has 0 aliphatic carbocycles. The van der Waals surface area contributed by atoms with Crippen molar-refractivity contribution < 1.29 is 9.59 Å². The number of primary amides is 1. The summed E-state index contributed by atoms with van der Waals surface area (Å²) in [5, 5.41) is 6.00. The molecule has 3 aromatic rings. The van der Waals surface area contributed by atoms with Crippen molar-refractivity contribution >= 4 is 44.9 Å². The molecule has 1 aromatic carbocycles. The number of amides is 2. The van der Waals surface area contributed by atoms with Crippen LogP contribution in [0.15, 0.2) is 42.0 Å². The van der Waals surface area contributed by atoms with E-state index in [9.17, 15) is 9.59 Å². The largest absolute Gasteiger partial charge is 0.366 e. The lowest BCUT2D eigenvalue weighted by atomic mass is 10.2. The molecule has 0 atom stereocenters. The number of carbonyl (C=O) groups excluding carboxylic acids is 2. The molecule has 8 nitrogen and oxygen atoms in total. The van der Waals surface area contributed by atoms with Crippen LogP contribution in [0.2, 0.25) is 0 Å². The van der Waals surface area contributed by atoms with Crippen LogP contribution in [-0.4, -0.2) is 59.4 Å². The zero-order valence-electron chi connectivity index (χ0n) is 15.9. The van der Waals surface area contributed by atoms with Gasteiger partial charge in [0.1, 0.15) is 17.0 Å². The van der Waals surface area contributed by atoms with Gasteiger partial charge >= 0.3 is 0 Å². The van der Waals surface area contributed by atoms with E-state index in [2.05, 4.69) is 31.2 Å². The van der Waals surface area contributed by atoms with Gasteiger partial charge in [-0.05, 0) is 35.7 Å². The molecule has 3 heterocycles. The second kappa shape index (κ2) is 8.54. The number of rotatable bonds is 6. The van der Waals surface area contributed by atoms with E-state index < -0.39 is 5.91 Å². The molecule has 3 N–H and O–H groups in total. The van der Waals surface area contributed by atoms with Gasteiger partial charge in [0, 0.05) is 50.4 Å². The summed E-state index contributed by atoms with van der Waals surface area (Å²) in [6.07, 6.45) is 2.04. The highest BCUT2D eigenvalue weighted by Crippen LogP contribution is 2.27. The van der Waals surface area contributed by atoms with Crippen LogP contribution in [0.4, 0.5) is 11.5 Å². The Balaban J connectivity index is 1.25. The molecule has 0 saturated carbocycles. The van der Waals surface area contributed by atoms with Crippen molar-refractivity contribution in [3.63, 3.8) is 0 Å². The highest BCUT2D eigenvalue weighted by Gasteiger charge is 2.20. The number of nitrogens with two attached hydrogens (primary N) is 1. The Morgan fingerprint density at radius 1 is 1.07 bits per heavy atom. The quantitative estimate of drug-likeness (QED) is 0.644. The normalized spacial score (nSPS) is 14.8. The Labute approximate surface area is 172 Å². The first kappa shape index (κ1) is 19.3. The summed E-state index contributed by atoms with van der Waals surface area (Å²) in [6, 6.07) is 8.65. The van der Waals surface area contributed by atoms with Gasteiger partial charge in [-0.25, -0.2) is 9.97 Å². The molecule has 1 saturated heterocycles. The van der Waals surface area contributed by atoms with Crippen LogP contribution < -0.4 is 16.0 Å². The van der Waals surface area contributed by atoms with Crippen LogP contribution in [0.1, 0.15) is 16.8 Å². The molecule has 1 aliphatic heterocycles. The molecule has 4 rings (SSSR count). The summed E-state index contributed by atoms with van der Waals surface area (Å²) in [5.74, 6) is 0.465. The minimum absolute atomic E-state index is 0.0463. The van der Waals surface area contributed by atoms with Gasteiger partial charge in [0.15, 0.2) is 0 Å². The molecule has 0 spiro atoms. The molecule has 2 amide bonds. The van der Waals surface area contributed by atoms with Gasteiger partial charge in [-0.3, -0.25) is 14.5 Å². The highest BCUT2D eigenvalue weighted by molar-refractivity contribution is 7.16. The maximum atomic E-state index is 12.2. The second-order valence-electron chi connectivity index (χ2n) is 6.91. The van der Waals surface area contributed by atoms with Crippen LogP contribution in [0, 0.1) is 0 Å². The van der Waals surface area contributed by atoms with Crippen molar-refractivity contribution in [1.29, 1.82) is 0 Å². The summed E-state index contributed by atoms with van der Waals surface area (Å²) >= 11 is 1.62. The lowest BCUT2D eigenvalue weighted by Gasteiger charge is -2.35. The van der Waals surface area contributed by atoms with Gasteiger partial charge in [-0.15, -0.1) is 11.3 Å². The van der Waals surface area contributed by atoms with Crippen molar-refractivity contribution in [2.75, 3.05) is 42.9 Å². The predicted molar refractivity (Wildman–Crippen MR) is 114 cm³/mol. The van der Waals surface area contributed by atoms with Gasteiger partial charge in [-0.1, -0.05) is 0 Å². The van der Waals surface area contributed by atoms with Gasteiger partial charge < -0.3 is 16.0 Å². The average Bonchev–Trinajstić information content (AvgIpc) is 3.22. The fourth-order valence-corrected chi connectivity index (χ4v) is 4.14. The molecule has 9 heteroatoms. The van der Waals surface area contributed by atoms with Crippen LogP contribution >= 0.6 is 11.3 Å². The standard InChI is InChI=1S/C20H22N6O2S/c21-18(28)14-1-3-15(4-2-14)24-17(27)5-7-25-8-10-26(11-9-25)19-16-6-12-29-20(16)23-13-22-19/h1-4,6,12-13H,5,7-11H2,(H2,21,28)(H,24,27). The highest BCUT2D eigenvalue weighted by atomic mass is 32.1. The summed E-state index contributed by atoms with van der Waals surface area (Å²) in [5.41, 5.74) is 6.30. The van der Waals surface area contributed by atoms with E-state index in [4.69, 9.17) is 5.73 Å². The Bertz CT molecular complexity index is 1010. The smallest absolute Gasteiger partial charge is 0.248 e. The summed E-state index contributed by atoms with van der Waals surface area (Å²) in [6.45, 7) is 4.22. The third-order valence-electron chi connectivity index (χ3n) is 5.02. The topological polar surface area (TPSA) is 104 Å². The zero-order chi connectivity index (χ0) is 20.2. The first-order valence-corrected chi connectivity index (χ1v) is 10.3. The molecule has 2 aromatic heterocycles. The van der Waals surface area contributed by atoms with E-state index in [0.29, 0.717) is 24.2 Å². The third kappa shape index (κ3) is 4.52. The van der Waals surface area contributed by atoms with E-state index >= 15 is 0 Å². The minimum atomic E-state index is -0.483. The first-order chi connectivity index (χ1) is 14.1. The Morgan fingerprint density at radius 3 is 2.55 bits per heavy atom. The summed E-state index contributed by atoms with van der Waals surface area (Å²) in [7, 11) is 0. The lowest BCUT2D eigenvalue weighted by Crippen LogP contribution is -2.47. The van der Waals surface area contributed by atoms with Crippen LogP contribution in [0.3, 0.4) is 0 Å².